The second kappa shape index (κ2) is 9.65. The van der Waals surface area contributed by atoms with Gasteiger partial charge in [-0.15, -0.1) is 0 Å². The third kappa shape index (κ3) is 5.08. The van der Waals surface area contributed by atoms with Gasteiger partial charge in [-0.25, -0.2) is 0 Å². The first-order chi connectivity index (χ1) is 12.3. The minimum absolute atomic E-state index is 0.243. The summed E-state index contributed by atoms with van der Waals surface area (Å²) in [5.41, 5.74) is 0.103. The van der Waals surface area contributed by atoms with Crippen molar-refractivity contribution in [1.29, 1.82) is 0 Å². The minimum Gasteiger partial charge on any atom is -0.468 e. The number of carbonyl (C=O) groups excluding carboxylic acids is 1. The number of methoxy groups -OCH3 is 1. The first kappa shape index (κ1) is 21.8. The standard InChI is InChI=1S/C19H28Cl2N2O2S/c1-19(18(24)25-3,14-5-6-16(20)17(21)13-14)9-12-23-10-7-15(8-11-23)22(2)26-4/h5-6,13,15H,7-12H2,1-4H3. The lowest BCUT2D eigenvalue weighted by molar-refractivity contribution is -0.147. The number of carbonyl (C=O) groups is 1. The monoisotopic (exact) mass is 418 g/mol. The Balaban J connectivity index is 2.05. The SMILES string of the molecule is COC(=O)C(C)(CCN1CCC(N(C)SC)CC1)c1ccc(Cl)c(Cl)c1. The van der Waals surface area contributed by atoms with Gasteiger partial charge in [-0.05, 0) is 76.8 Å². The molecule has 4 nitrogen and oxygen atoms in total. The summed E-state index contributed by atoms with van der Waals surface area (Å²) < 4.78 is 7.44. The van der Waals surface area contributed by atoms with Gasteiger partial charge in [-0.2, -0.15) is 0 Å². The van der Waals surface area contributed by atoms with Crippen molar-refractivity contribution in [2.45, 2.75) is 37.6 Å². The lowest BCUT2D eigenvalue weighted by Gasteiger charge is -2.37. The van der Waals surface area contributed by atoms with E-state index in [2.05, 4.69) is 22.5 Å². The van der Waals surface area contributed by atoms with Gasteiger partial charge in [0.15, 0.2) is 0 Å². The van der Waals surface area contributed by atoms with Crippen LogP contribution in [0.2, 0.25) is 10.0 Å². The van der Waals surface area contributed by atoms with Crippen LogP contribution in [0.1, 0.15) is 31.7 Å². The Bertz CT molecular complexity index is 624. The average Bonchev–Trinajstić information content (AvgIpc) is 2.67. The zero-order valence-electron chi connectivity index (χ0n) is 15.9. The molecular formula is C19H28Cl2N2O2S. The van der Waals surface area contributed by atoms with Gasteiger partial charge in [-0.1, -0.05) is 41.2 Å². The molecule has 0 spiro atoms. The Kier molecular flexibility index (Phi) is 8.10. The predicted molar refractivity (Wildman–Crippen MR) is 111 cm³/mol. The molecule has 1 aromatic carbocycles. The normalized spacial score (nSPS) is 18.7. The second-order valence-electron chi connectivity index (χ2n) is 7.00. The third-order valence-corrected chi connectivity index (χ3v) is 7.09. The quantitative estimate of drug-likeness (QED) is 0.481. The molecule has 1 aliphatic heterocycles. The van der Waals surface area contributed by atoms with Crippen molar-refractivity contribution in [2.75, 3.05) is 40.0 Å². The van der Waals surface area contributed by atoms with Crippen molar-refractivity contribution in [3.05, 3.63) is 33.8 Å². The predicted octanol–water partition coefficient (Wildman–Crippen LogP) is 4.49. The van der Waals surface area contributed by atoms with Crippen LogP contribution in [-0.2, 0) is 14.9 Å². The maximum absolute atomic E-state index is 12.6. The van der Waals surface area contributed by atoms with Gasteiger partial charge < -0.3 is 9.64 Å². The van der Waals surface area contributed by atoms with Gasteiger partial charge in [-0.3, -0.25) is 9.10 Å². The van der Waals surface area contributed by atoms with Crippen molar-refractivity contribution in [2.24, 2.45) is 0 Å². The summed E-state index contributed by atoms with van der Waals surface area (Å²) in [6.07, 6.45) is 5.10. The van der Waals surface area contributed by atoms with Crippen LogP contribution in [0, 0.1) is 0 Å². The van der Waals surface area contributed by atoms with Gasteiger partial charge in [0.05, 0.1) is 22.6 Å². The lowest BCUT2D eigenvalue weighted by Crippen LogP contribution is -2.44. The van der Waals surface area contributed by atoms with E-state index in [9.17, 15) is 4.79 Å². The minimum atomic E-state index is -0.740. The summed E-state index contributed by atoms with van der Waals surface area (Å²) in [6.45, 7) is 4.87. The third-order valence-electron chi connectivity index (χ3n) is 5.48. The molecule has 1 unspecified atom stereocenters. The van der Waals surface area contributed by atoms with Crippen LogP contribution in [0.5, 0.6) is 0 Å². The van der Waals surface area contributed by atoms with Crippen LogP contribution in [0.15, 0.2) is 18.2 Å². The number of likely N-dealkylation sites (tertiary alicyclic amines) is 1. The highest BCUT2D eigenvalue weighted by Crippen LogP contribution is 2.34. The second-order valence-corrected chi connectivity index (χ2v) is 8.76. The van der Waals surface area contributed by atoms with Crippen molar-refractivity contribution in [3.63, 3.8) is 0 Å². The summed E-state index contributed by atoms with van der Waals surface area (Å²) in [6, 6.07) is 6.01. The smallest absolute Gasteiger partial charge is 0.316 e. The highest BCUT2D eigenvalue weighted by atomic mass is 35.5. The van der Waals surface area contributed by atoms with Gasteiger partial charge in [0, 0.05) is 6.04 Å². The number of rotatable bonds is 7. The molecule has 146 valence electrons. The number of hydrogen-bond donors (Lipinski definition) is 0. The van der Waals surface area contributed by atoms with Crippen molar-refractivity contribution < 1.29 is 9.53 Å². The summed E-state index contributed by atoms with van der Waals surface area (Å²) in [5.74, 6) is -0.243. The number of ether oxygens (including phenoxy) is 1. The van der Waals surface area contributed by atoms with Crippen LogP contribution < -0.4 is 0 Å². The van der Waals surface area contributed by atoms with Crippen LogP contribution in [0.25, 0.3) is 0 Å². The Morgan fingerprint density at radius 1 is 1.35 bits per heavy atom. The molecular weight excluding hydrogens is 391 g/mol. The molecule has 0 amide bonds. The molecule has 1 fully saturated rings. The van der Waals surface area contributed by atoms with E-state index in [0.29, 0.717) is 22.5 Å². The van der Waals surface area contributed by atoms with E-state index in [1.807, 2.05) is 13.0 Å². The Hall–Kier alpha value is -0.460. The molecule has 0 N–H and O–H groups in total. The van der Waals surface area contributed by atoms with E-state index < -0.39 is 5.41 Å². The Labute approximate surface area is 171 Å². The van der Waals surface area contributed by atoms with Crippen LogP contribution in [0.3, 0.4) is 0 Å². The van der Waals surface area contributed by atoms with E-state index in [-0.39, 0.29) is 5.97 Å². The largest absolute Gasteiger partial charge is 0.468 e. The van der Waals surface area contributed by atoms with E-state index in [4.69, 9.17) is 27.9 Å². The average molecular weight is 419 g/mol. The maximum Gasteiger partial charge on any atom is 0.316 e. The molecule has 1 atom stereocenters. The fraction of sp³-hybridized carbons (Fsp3) is 0.632. The van der Waals surface area contributed by atoms with E-state index >= 15 is 0 Å². The molecule has 1 heterocycles. The number of halogens is 2. The molecule has 0 radical (unpaired) electrons. The summed E-state index contributed by atoms with van der Waals surface area (Å²) in [7, 11) is 3.59. The maximum atomic E-state index is 12.6. The Morgan fingerprint density at radius 3 is 2.54 bits per heavy atom. The highest BCUT2D eigenvalue weighted by Gasteiger charge is 2.37. The van der Waals surface area contributed by atoms with Crippen LogP contribution >= 0.6 is 35.1 Å². The number of hydrogen-bond acceptors (Lipinski definition) is 5. The fourth-order valence-electron chi connectivity index (χ4n) is 3.47. The topological polar surface area (TPSA) is 32.8 Å². The molecule has 0 aliphatic carbocycles. The van der Waals surface area contributed by atoms with Gasteiger partial charge in [0.2, 0.25) is 0 Å². The summed E-state index contributed by atoms with van der Waals surface area (Å²) >= 11 is 14.0. The molecule has 7 heteroatoms. The first-order valence-corrected chi connectivity index (χ1v) is 10.8. The molecule has 26 heavy (non-hydrogen) atoms. The molecule has 0 aromatic heterocycles. The molecule has 2 rings (SSSR count). The zero-order valence-corrected chi connectivity index (χ0v) is 18.3. The van der Waals surface area contributed by atoms with Gasteiger partial charge in [0.1, 0.15) is 0 Å². The molecule has 0 saturated carbocycles. The first-order valence-electron chi connectivity index (χ1n) is 8.85. The zero-order chi connectivity index (χ0) is 19.3. The lowest BCUT2D eigenvalue weighted by atomic mass is 9.79. The molecule has 1 aliphatic rings. The molecule has 1 saturated heterocycles. The number of benzene rings is 1. The van der Waals surface area contributed by atoms with E-state index in [0.717, 1.165) is 38.0 Å². The molecule has 1 aromatic rings. The van der Waals surface area contributed by atoms with Gasteiger partial charge >= 0.3 is 5.97 Å². The Morgan fingerprint density at radius 2 is 2.00 bits per heavy atom. The van der Waals surface area contributed by atoms with E-state index in [1.165, 1.54) is 7.11 Å². The fourth-order valence-corrected chi connectivity index (χ4v) is 4.27. The molecule has 0 bridgehead atoms. The van der Waals surface area contributed by atoms with E-state index in [1.54, 1.807) is 24.1 Å². The van der Waals surface area contributed by atoms with Crippen molar-refractivity contribution >= 4 is 41.1 Å². The number of piperidine rings is 1. The highest BCUT2D eigenvalue weighted by molar-refractivity contribution is 7.96. The van der Waals surface area contributed by atoms with Crippen LogP contribution in [0.4, 0.5) is 0 Å². The van der Waals surface area contributed by atoms with Crippen molar-refractivity contribution in [1.82, 2.24) is 9.21 Å². The summed E-state index contributed by atoms with van der Waals surface area (Å²) in [5, 5.41) is 0.947. The number of nitrogens with zero attached hydrogens (tertiary/aromatic N) is 2. The summed E-state index contributed by atoms with van der Waals surface area (Å²) in [4.78, 5) is 15.0. The van der Waals surface area contributed by atoms with Crippen LogP contribution in [-0.4, -0.2) is 61.3 Å². The number of esters is 1. The van der Waals surface area contributed by atoms with Gasteiger partial charge in [0.25, 0.3) is 0 Å². The van der Waals surface area contributed by atoms with Crippen molar-refractivity contribution in [3.8, 4) is 0 Å².